The van der Waals surface area contributed by atoms with Crippen molar-refractivity contribution in [3.63, 3.8) is 0 Å². The van der Waals surface area contributed by atoms with Crippen molar-refractivity contribution < 1.29 is 13.6 Å². The zero-order valence-corrected chi connectivity index (χ0v) is 16.5. The molecular formula is C22H18ClN3O3. The van der Waals surface area contributed by atoms with Crippen LogP contribution in [0.1, 0.15) is 34.9 Å². The number of fused-ring (bicyclic) bond motifs is 1. The molecule has 7 heteroatoms. The minimum atomic E-state index is -0.146. The fourth-order valence-corrected chi connectivity index (χ4v) is 3.56. The van der Waals surface area contributed by atoms with Crippen LogP contribution in [0.15, 0.2) is 57.4 Å². The van der Waals surface area contributed by atoms with Crippen LogP contribution in [0.25, 0.3) is 22.4 Å². The predicted molar refractivity (Wildman–Crippen MR) is 109 cm³/mol. The average Bonchev–Trinajstić information content (AvgIpc) is 3.38. The van der Waals surface area contributed by atoms with Gasteiger partial charge in [-0.2, -0.15) is 0 Å². The first-order valence-corrected chi connectivity index (χ1v) is 9.85. The van der Waals surface area contributed by atoms with E-state index in [9.17, 15) is 4.79 Å². The number of nitrogens with zero attached hydrogens (tertiary/aromatic N) is 3. The lowest BCUT2D eigenvalue weighted by Crippen LogP contribution is -2.32. The number of carbonyl (C=O) groups is 1. The third kappa shape index (κ3) is 3.40. The van der Waals surface area contributed by atoms with Crippen LogP contribution in [0.2, 0.25) is 5.02 Å². The average molecular weight is 408 g/mol. The second-order valence-electron chi connectivity index (χ2n) is 7.22. The van der Waals surface area contributed by atoms with Crippen molar-refractivity contribution in [3.8, 4) is 11.5 Å². The largest absolute Gasteiger partial charge is 0.451 e. The zero-order valence-electron chi connectivity index (χ0n) is 15.8. The van der Waals surface area contributed by atoms with Crippen molar-refractivity contribution in [2.24, 2.45) is 0 Å². The summed E-state index contributed by atoms with van der Waals surface area (Å²) in [5, 5.41) is 9.84. The molecule has 5 rings (SSSR count). The number of benzene rings is 2. The third-order valence-corrected chi connectivity index (χ3v) is 5.40. The SMILES string of the molecule is Cc1c(C(=O)N(Cc2nnc(-c3ccc(Cl)cc3)o2)C2CC2)oc2ccccc12. The fraction of sp³-hybridized carbons (Fsp3) is 0.227. The fourth-order valence-electron chi connectivity index (χ4n) is 3.43. The predicted octanol–water partition coefficient (Wildman–Crippen LogP) is 5.25. The summed E-state index contributed by atoms with van der Waals surface area (Å²) in [5.41, 5.74) is 2.35. The van der Waals surface area contributed by atoms with E-state index in [1.54, 1.807) is 17.0 Å². The van der Waals surface area contributed by atoms with Gasteiger partial charge >= 0.3 is 0 Å². The summed E-state index contributed by atoms with van der Waals surface area (Å²) in [6, 6.07) is 15.0. The molecule has 4 aromatic rings. The Kier molecular flexibility index (Phi) is 4.36. The molecule has 0 bridgehead atoms. The van der Waals surface area contributed by atoms with E-state index in [0.717, 1.165) is 29.4 Å². The van der Waals surface area contributed by atoms with Crippen molar-refractivity contribution in [2.75, 3.05) is 0 Å². The highest BCUT2D eigenvalue weighted by molar-refractivity contribution is 6.30. The Morgan fingerprint density at radius 1 is 1.10 bits per heavy atom. The lowest BCUT2D eigenvalue weighted by atomic mass is 10.1. The number of rotatable bonds is 5. The summed E-state index contributed by atoms with van der Waals surface area (Å²) >= 11 is 5.93. The molecular weight excluding hydrogens is 390 g/mol. The Morgan fingerprint density at radius 3 is 2.59 bits per heavy atom. The second kappa shape index (κ2) is 7.04. The summed E-state index contributed by atoms with van der Waals surface area (Å²) in [6.07, 6.45) is 1.92. The molecule has 146 valence electrons. The normalized spacial score (nSPS) is 13.7. The second-order valence-corrected chi connectivity index (χ2v) is 7.66. The lowest BCUT2D eigenvalue weighted by Gasteiger charge is -2.19. The molecule has 0 spiro atoms. The monoisotopic (exact) mass is 407 g/mol. The van der Waals surface area contributed by atoms with E-state index < -0.39 is 0 Å². The minimum Gasteiger partial charge on any atom is -0.451 e. The molecule has 0 radical (unpaired) electrons. The Hall–Kier alpha value is -3.12. The number of para-hydroxylation sites is 1. The summed E-state index contributed by atoms with van der Waals surface area (Å²) in [5.74, 6) is 1.02. The molecule has 0 saturated heterocycles. The van der Waals surface area contributed by atoms with E-state index in [0.29, 0.717) is 28.1 Å². The minimum absolute atomic E-state index is 0.146. The van der Waals surface area contributed by atoms with Crippen LogP contribution in [0.5, 0.6) is 0 Å². The van der Waals surface area contributed by atoms with Crippen LogP contribution >= 0.6 is 11.6 Å². The van der Waals surface area contributed by atoms with Crippen molar-refractivity contribution in [1.82, 2.24) is 15.1 Å². The highest BCUT2D eigenvalue weighted by Crippen LogP contribution is 2.33. The Bertz CT molecular complexity index is 1190. The molecule has 2 aromatic heterocycles. The van der Waals surface area contributed by atoms with Gasteiger partial charge in [-0.15, -0.1) is 10.2 Å². The number of halogens is 1. The van der Waals surface area contributed by atoms with Gasteiger partial charge in [-0.1, -0.05) is 29.8 Å². The molecule has 0 N–H and O–H groups in total. The number of furan rings is 1. The van der Waals surface area contributed by atoms with Crippen LogP contribution < -0.4 is 0 Å². The van der Waals surface area contributed by atoms with Gasteiger partial charge in [-0.05, 0) is 50.1 Å². The van der Waals surface area contributed by atoms with Gasteiger partial charge in [0.15, 0.2) is 5.76 Å². The van der Waals surface area contributed by atoms with Crippen molar-refractivity contribution >= 4 is 28.5 Å². The summed E-state index contributed by atoms with van der Waals surface area (Å²) in [4.78, 5) is 15.0. The van der Waals surface area contributed by atoms with Crippen LogP contribution in [-0.4, -0.2) is 27.0 Å². The van der Waals surface area contributed by atoms with Gasteiger partial charge in [0, 0.05) is 27.6 Å². The Balaban J connectivity index is 1.42. The molecule has 2 heterocycles. The van der Waals surface area contributed by atoms with Gasteiger partial charge in [0.2, 0.25) is 11.8 Å². The molecule has 1 aliphatic rings. The number of hydrogen-bond acceptors (Lipinski definition) is 5. The molecule has 1 fully saturated rings. The van der Waals surface area contributed by atoms with Crippen LogP contribution in [-0.2, 0) is 6.54 Å². The van der Waals surface area contributed by atoms with E-state index >= 15 is 0 Å². The Morgan fingerprint density at radius 2 is 1.86 bits per heavy atom. The number of carbonyl (C=O) groups excluding carboxylic acids is 1. The van der Waals surface area contributed by atoms with E-state index in [1.165, 1.54) is 0 Å². The van der Waals surface area contributed by atoms with E-state index in [2.05, 4.69) is 10.2 Å². The molecule has 6 nitrogen and oxygen atoms in total. The summed E-state index contributed by atoms with van der Waals surface area (Å²) < 4.78 is 11.7. The van der Waals surface area contributed by atoms with Gasteiger partial charge in [-0.3, -0.25) is 4.79 Å². The molecule has 1 aliphatic carbocycles. The first-order chi connectivity index (χ1) is 14.1. The molecule has 0 aliphatic heterocycles. The molecule has 1 saturated carbocycles. The van der Waals surface area contributed by atoms with Gasteiger partial charge in [0.05, 0.1) is 6.54 Å². The van der Waals surface area contributed by atoms with Gasteiger partial charge in [-0.25, -0.2) is 0 Å². The number of amides is 1. The standard InChI is InChI=1S/C22H18ClN3O3/c1-13-17-4-2-3-5-18(17)28-20(13)22(27)26(16-10-11-16)12-19-24-25-21(29-19)14-6-8-15(23)9-7-14/h2-9,16H,10-12H2,1H3. The summed E-state index contributed by atoms with van der Waals surface area (Å²) in [6.45, 7) is 2.16. The van der Waals surface area contributed by atoms with Gasteiger partial charge < -0.3 is 13.7 Å². The van der Waals surface area contributed by atoms with E-state index in [1.807, 2.05) is 43.3 Å². The van der Waals surface area contributed by atoms with Gasteiger partial charge in [0.1, 0.15) is 5.58 Å². The smallest absolute Gasteiger partial charge is 0.290 e. The first kappa shape index (κ1) is 17.9. The van der Waals surface area contributed by atoms with Crippen molar-refractivity contribution in [1.29, 1.82) is 0 Å². The molecule has 0 atom stereocenters. The molecule has 1 amide bonds. The van der Waals surface area contributed by atoms with Crippen LogP contribution in [0.4, 0.5) is 0 Å². The number of aromatic nitrogens is 2. The first-order valence-electron chi connectivity index (χ1n) is 9.47. The van der Waals surface area contributed by atoms with Crippen LogP contribution in [0, 0.1) is 6.92 Å². The van der Waals surface area contributed by atoms with Crippen LogP contribution in [0.3, 0.4) is 0 Å². The molecule has 0 unspecified atom stereocenters. The van der Waals surface area contributed by atoms with Crippen molar-refractivity contribution in [2.45, 2.75) is 32.4 Å². The quantitative estimate of drug-likeness (QED) is 0.451. The van der Waals surface area contributed by atoms with Gasteiger partial charge in [0.25, 0.3) is 5.91 Å². The highest BCUT2D eigenvalue weighted by atomic mass is 35.5. The zero-order chi connectivity index (χ0) is 20.0. The van der Waals surface area contributed by atoms with E-state index in [-0.39, 0.29) is 18.5 Å². The number of hydrogen-bond donors (Lipinski definition) is 0. The van der Waals surface area contributed by atoms with Crippen molar-refractivity contribution in [3.05, 3.63) is 70.8 Å². The summed E-state index contributed by atoms with van der Waals surface area (Å²) in [7, 11) is 0. The maximum atomic E-state index is 13.3. The number of aryl methyl sites for hydroxylation is 1. The highest BCUT2D eigenvalue weighted by Gasteiger charge is 2.36. The Labute approximate surface area is 172 Å². The lowest BCUT2D eigenvalue weighted by molar-refractivity contribution is 0.0683. The maximum Gasteiger partial charge on any atom is 0.290 e. The molecule has 29 heavy (non-hydrogen) atoms. The molecule has 2 aromatic carbocycles. The third-order valence-electron chi connectivity index (χ3n) is 5.15. The topological polar surface area (TPSA) is 72.4 Å². The maximum absolute atomic E-state index is 13.3. The van der Waals surface area contributed by atoms with E-state index in [4.69, 9.17) is 20.4 Å².